The summed E-state index contributed by atoms with van der Waals surface area (Å²) in [5.74, 6) is 0. The predicted octanol–water partition coefficient (Wildman–Crippen LogP) is 5.95. The molecule has 4 nitrogen and oxygen atoms in total. The third kappa shape index (κ3) is 4.54. The van der Waals surface area contributed by atoms with Gasteiger partial charge in [0, 0.05) is 11.9 Å². The summed E-state index contributed by atoms with van der Waals surface area (Å²) in [5.41, 5.74) is 11.1. The highest BCUT2D eigenvalue weighted by molar-refractivity contribution is 6.74. The molecule has 3 rings (SSSR count). The van der Waals surface area contributed by atoms with Gasteiger partial charge in [-0.05, 0) is 35.3 Å². The highest BCUT2D eigenvalue weighted by Gasteiger charge is 2.36. The summed E-state index contributed by atoms with van der Waals surface area (Å²) in [6.07, 6.45) is 1.71. The fourth-order valence-electron chi connectivity index (χ4n) is 2.78. The second-order valence-electron chi connectivity index (χ2n) is 8.82. The summed E-state index contributed by atoms with van der Waals surface area (Å²) in [6, 6.07) is 16.6. The first-order chi connectivity index (χ1) is 13.2. The van der Waals surface area contributed by atoms with Crippen molar-refractivity contribution >= 4 is 30.6 Å². The van der Waals surface area contributed by atoms with Crippen LogP contribution in [-0.4, -0.2) is 13.3 Å². The van der Waals surface area contributed by atoms with E-state index in [-0.39, 0.29) is 5.04 Å². The van der Waals surface area contributed by atoms with Crippen LogP contribution in [0.5, 0.6) is 0 Å². The van der Waals surface area contributed by atoms with Crippen LogP contribution in [-0.2, 0) is 17.6 Å². The lowest BCUT2D eigenvalue weighted by atomic mass is 10.1. The topological polar surface area (TPSA) is 60.2 Å². The molecule has 28 heavy (non-hydrogen) atoms. The third-order valence-electron chi connectivity index (χ3n) is 5.70. The van der Waals surface area contributed by atoms with Crippen LogP contribution in [0.3, 0.4) is 0 Å². The van der Waals surface area contributed by atoms with Crippen LogP contribution in [0.15, 0.2) is 54.7 Å². The van der Waals surface area contributed by atoms with Crippen LogP contribution in [0, 0.1) is 0 Å². The van der Waals surface area contributed by atoms with Gasteiger partial charge in [0.2, 0.25) is 0 Å². The van der Waals surface area contributed by atoms with E-state index in [1.165, 1.54) is 11.1 Å². The van der Waals surface area contributed by atoms with Gasteiger partial charge in [-0.25, -0.2) is 0 Å². The van der Waals surface area contributed by atoms with Gasteiger partial charge in [-0.2, -0.15) is 0 Å². The Morgan fingerprint density at radius 3 is 2.32 bits per heavy atom. The average Bonchev–Trinajstić information content (AvgIpc) is 2.65. The number of nitrogens with two attached hydrogens (primary N) is 1. The van der Waals surface area contributed by atoms with Crippen LogP contribution >= 0.6 is 0 Å². The number of hydrogen-bond acceptors (Lipinski definition) is 4. The van der Waals surface area contributed by atoms with Crippen molar-refractivity contribution in [2.45, 2.75) is 52.1 Å². The van der Waals surface area contributed by atoms with Crippen LogP contribution in [0.2, 0.25) is 18.1 Å². The number of para-hydroxylation sites is 1. The Hall–Kier alpha value is -2.37. The van der Waals surface area contributed by atoms with Crippen molar-refractivity contribution in [1.82, 2.24) is 4.98 Å². The number of nitrogens with zero attached hydrogens (tertiary/aromatic N) is 1. The number of nitrogens with one attached hydrogen (secondary N) is 1. The van der Waals surface area contributed by atoms with E-state index >= 15 is 0 Å². The highest BCUT2D eigenvalue weighted by atomic mass is 28.4. The second-order valence-corrected chi connectivity index (χ2v) is 13.6. The molecule has 0 saturated heterocycles. The first-order valence-electron chi connectivity index (χ1n) is 9.76. The van der Waals surface area contributed by atoms with E-state index in [9.17, 15) is 0 Å². The van der Waals surface area contributed by atoms with E-state index in [0.29, 0.717) is 18.8 Å². The molecule has 1 aromatic heterocycles. The molecule has 0 unspecified atom stereocenters. The van der Waals surface area contributed by atoms with E-state index < -0.39 is 8.32 Å². The summed E-state index contributed by atoms with van der Waals surface area (Å²) in [5, 5.41) is 4.75. The van der Waals surface area contributed by atoms with Crippen molar-refractivity contribution in [3.05, 3.63) is 65.9 Å². The fraction of sp³-hybridized carbons (Fsp3) is 0.348. The maximum atomic E-state index is 6.31. The molecule has 0 aliphatic rings. The van der Waals surface area contributed by atoms with E-state index in [4.69, 9.17) is 10.2 Å². The maximum absolute atomic E-state index is 6.31. The Bertz CT molecular complexity index is 946. The molecule has 148 valence electrons. The van der Waals surface area contributed by atoms with Gasteiger partial charge in [0.1, 0.15) is 0 Å². The van der Waals surface area contributed by atoms with Crippen LogP contribution < -0.4 is 11.1 Å². The summed E-state index contributed by atoms with van der Waals surface area (Å²) >= 11 is 0. The summed E-state index contributed by atoms with van der Waals surface area (Å²) in [7, 11) is -1.73. The second kappa shape index (κ2) is 7.93. The number of aromatic nitrogens is 1. The molecule has 3 N–H and O–H groups in total. The molecule has 0 bridgehead atoms. The van der Waals surface area contributed by atoms with Crippen molar-refractivity contribution in [3.63, 3.8) is 0 Å². The Balaban J connectivity index is 1.65. The maximum Gasteiger partial charge on any atom is 0.192 e. The first-order valence-corrected chi connectivity index (χ1v) is 12.7. The van der Waals surface area contributed by atoms with Gasteiger partial charge < -0.3 is 15.5 Å². The molecule has 0 atom stereocenters. The molecule has 2 aromatic carbocycles. The molecule has 1 heterocycles. The van der Waals surface area contributed by atoms with E-state index in [1.807, 2.05) is 24.3 Å². The van der Waals surface area contributed by atoms with Crippen molar-refractivity contribution < 1.29 is 4.43 Å². The monoisotopic (exact) mass is 393 g/mol. The van der Waals surface area contributed by atoms with Crippen LogP contribution in [0.25, 0.3) is 10.9 Å². The lowest BCUT2D eigenvalue weighted by molar-refractivity contribution is 0.276. The van der Waals surface area contributed by atoms with Gasteiger partial charge in [0.25, 0.3) is 0 Å². The van der Waals surface area contributed by atoms with Gasteiger partial charge in [0.05, 0.1) is 29.7 Å². The minimum Gasteiger partial charge on any atom is -0.413 e. The molecule has 0 amide bonds. The third-order valence-corrected chi connectivity index (χ3v) is 10.2. The Labute approximate surface area is 169 Å². The van der Waals surface area contributed by atoms with Gasteiger partial charge in [-0.15, -0.1) is 0 Å². The minimum absolute atomic E-state index is 0.226. The highest BCUT2D eigenvalue weighted by Crippen LogP contribution is 2.37. The number of rotatable bonds is 6. The van der Waals surface area contributed by atoms with Crippen LogP contribution in [0.4, 0.5) is 11.4 Å². The molecule has 0 spiro atoms. The normalized spacial score (nSPS) is 12.3. The molecule has 0 saturated carbocycles. The number of benzene rings is 2. The van der Waals surface area contributed by atoms with E-state index in [1.54, 1.807) is 6.20 Å². The van der Waals surface area contributed by atoms with Crippen LogP contribution in [0.1, 0.15) is 31.9 Å². The van der Waals surface area contributed by atoms with Gasteiger partial charge >= 0.3 is 0 Å². The number of anilines is 2. The molecule has 3 aromatic rings. The van der Waals surface area contributed by atoms with Crippen molar-refractivity contribution in [1.29, 1.82) is 0 Å². The number of pyridine rings is 1. The van der Waals surface area contributed by atoms with E-state index in [2.05, 4.69) is 68.4 Å². The predicted molar refractivity (Wildman–Crippen MR) is 122 cm³/mol. The minimum atomic E-state index is -1.73. The standard InChI is InChI=1S/C23H31N3OSi/c1-23(2,3)28(4,5)27-16-18-12-10-17(11-13-18)14-26-22-19-8-6-7-9-21(19)25-15-20(22)24/h6-13,15H,14,16,24H2,1-5H3,(H,25,26). The summed E-state index contributed by atoms with van der Waals surface area (Å²) in [6.45, 7) is 12.8. The lowest BCUT2D eigenvalue weighted by Crippen LogP contribution is -2.40. The average molecular weight is 394 g/mol. The zero-order valence-corrected chi connectivity index (χ0v) is 18.5. The Morgan fingerprint density at radius 1 is 1.00 bits per heavy atom. The van der Waals surface area contributed by atoms with E-state index in [0.717, 1.165) is 16.6 Å². The lowest BCUT2D eigenvalue weighted by Gasteiger charge is -2.36. The number of fused-ring (bicyclic) bond motifs is 1. The largest absolute Gasteiger partial charge is 0.413 e. The zero-order valence-electron chi connectivity index (χ0n) is 17.5. The Kier molecular flexibility index (Phi) is 5.77. The molecule has 0 aliphatic heterocycles. The smallest absolute Gasteiger partial charge is 0.192 e. The summed E-state index contributed by atoms with van der Waals surface area (Å²) < 4.78 is 6.31. The van der Waals surface area contributed by atoms with Crippen molar-refractivity contribution in [2.75, 3.05) is 11.1 Å². The van der Waals surface area contributed by atoms with Crippen molar-refractivity contribution in [2.24, 2.45) is 0 Å². The zero-order chi connectivity index (χ0) is 20.4. The molecule has 0 aliphatic carbocycles. The number of hydrogen-bond donors (Lipinski definition) is 2. The quantitative estimate of drug-likeness (QED) is 0.508. The summed E-state index contributed by atoms with van der Waals surface area (Å²) in [4.78, 5) is 4.39. The van der Waals surface area contributed by atoms with Gasteiger partial charge in [-0.3, -0.25) is 4.98 Å². The van der Waals surface area contributed by atoms with Crippen molar-refractivity contribution in [3.8, 4) is 0 Å². The fourth-order valence-corrected chi connectivity index (χ4v) is 3.74. The molecule has 0 fully saturated rings. The Morgan fingerprint density at radius 2 is 1.64 bits per heavy atom. The molecular weight excluding hydrogens is 362 g/mol. The van der Waals surface area contributed by atoms with Gasteiger partial charge in [-0.1, -0.05) is 63.2 Å². The van der Waals surface area contributed by atoms with Gasteiger partial charge in [0.15, 0.2) is 8.32 Å². The molecular formula is C23H31N3OSi. The molecule has 0 radical (unpaired) electrons. The molecule has 5 heteroatoms. The SMILES string of the molecule is CC(C)(C)[Si](C)(C)OCc1ccc(CNc2c(N)cnc3ccccc23)cc1. The number of nitrogen functional groups attached to an aromatic ring is 1. The first kappa shape index (κ1) is 20.4.